The minimum atomic E-state index is 0.926. The van der Waals surface area contributed by atoms with Crippen LogP contribution in [0.15, 0.2) is 36.7 Å². The summed E-state index contributed by atoms with van der Waals surface area (Å²) in [5.74, 6) is 0. The molecule has 0 atom stereocenters. The lowest BCUT2D eigenvalue weighted by molar-refractivity contribution is 0.154. The third-order valence-corrected chi connectivity index (χ3v) is 4.29. The topological polar surface area (TPSA) is 31.4 Å². The van der Waals surface area contributed by atoms with Crippen molar-refractivity contribution in [3.05, 3.63) is 42.2 Å². The zero-order valence-corrected chi connectivity index (χ0v) is 12.8. The molecule has 4 heteroatoms. The second kappa shape index (κ2) is 6.98. The van der Waals surface area contributed by atoms with Crippen LogP contribution in [0.25, 0.3) is 10.8 Å². The van der Waals surface area contributed by atoms with Gasteiger partial charge in [-0.2, -0.15) is 0 Å². The van der Waals surface area contributed by atoms with Gasteiger partial charge in [0.25, 0.3) is 0 Å². The minimum absolute atomic E-state index is 0.926. The van der Waals surface area contributed by atoms with E-state index in [1.54, 1.807) is 0 Å². The van der Waals surface area contributed by atoms with Crippen molar-refractivity contribution in [3.8, 4) is 0 Å². The Labute approximate surface area is 126 Å². The van der Waals surface area contributed by atoms with Gasteiger partial charge in [-0.05, 0) is 24.1 Å². The van der Waals surface area contributed by atoms with E-state index < -0.39 is 0 Å². The van der Waals surface area contributed by atoms with Gasteiger partial charge in [0.1, 0.15) is 0 Å². The number of fused-ring (bicyclic) bond motifs is 1. The number of hydrogen-bond acceptors (Lipinski definition) is 4. The first-order chi connectivity index (χ1) is 10.3. The first-order valence-corrected chi connectivity index (χ1v) is 7.76. The Bertz CT molecular complexity index is 571. The third kappa shape index (κ3) is 3.79. The molecule has 1 saturated heterocycles. The average Bonchev–Trinajstić information content (AvgIpc) is 2.53. The van der Waals surface area contributed by atoms with Crippen LogP contribution in [0.5, 0.6) is 0 Å². The van der Waals surface area contributed by atoms with E-state index in [-0.39, 0.29) is 0 Å². The minimum Gasteiger partial charge on any atom is -0.311 e. The van der Waals surface area contributed by atoms with E-state index in [9.17, 15) is 0 Å². The van der Waals surface area contributed by atoms with Crippen LogP contribution < -0.4 is 5.32 Å². The van der Waals surface area contributed by atoms with Crippen molar-refractivity contribution in [1.82, 2.24) is 20.1 Å². The monoisotopic (exact) mass is 284 g/mol. The van der Waals surface area contributed by atoms with Gasteiger partial charge in [0, 0.05) is 63.6 Å². The fourth-order valence-corrected chi connectivity index (χ4v) is 2.88. The lowest BCUT2D eigenvalue weighted by Gasteiger charge is -2.32. The number of benzene rings is 1. The second-order valence-electron chi connectivity index (χ2n) is 5.84. The summed E-state index contributed by atoms with van der Waals surface area (Å²) < 4.78 is 0. The summed E-state index contributed by atoms with van der Waals surface area (Å²) >= 11 is 0. The summed E-state index contributed by atoms with van der Waals surface area (Å²) in [4.78, 5) is 9.13. The van der Waals surface area contributed by atoms with Gasteiger partial charge in [-0.1, -0.05) is 18.2 Å². The fraction of sp³-hybridized carbons (Fsp3) is 0.471. The summed E-state index contributed by atoms with van der Waals surface area (Å²) in [6, 6.07) is 8.54. The maximum absolute atomic E-state index is 4.19. The SMILES string of the molecule is CN1CCN(CCNCc2cccc3cnccc23)CC1. The Balaban J connectivity index is 1.48. The molecule has 1 fully saturated rings. The largest absolute Gasteiger partial charge is 0.311 e. The van der Waals surface area contributed by atoms with Crippen LogP contribution in [0.2, 0.25) is 0 Å². The second-order valence-corrected chi connectivity index (χ2v) is 5.84. The number of aromatic nitrogens is 1. The Morgan fingerprint density at radius 3 is 2.86 bits per heavy atom. The van der Waals surface area contributed by atoms with Crippen LogP contribution >= 0.6 is 0 Å². The van der Waals surface area contributed by atoms with Crippen LogP contribution in [0.1, 0.15) is 5.56 Å². The quantitative estimate of drug-likeness (QED) is 0.845. The Kier molecular flexibility index (Phi) is 4.80. The molecule has 0 saturated carbocycles. The average molecular weight is 284 g/mol. The number of piperazine rings is 1. The van der Waals surface area contributed by atoms with Crippen molar-refractivity contribution < 1.29 is 0 Å². The van der Waals surface area contributed by atoms with Gasteiger partial charge in [-0.3, -0.25) is 9.88 Å². The molecule has 0 aliphatic carbocycles. The highest BCUT2D eigenvalue weighted by Crippen LogP contribution is 2.16. The molecular formula is C17H24N4. The van der Waals surface area contributed by atoms with Crippen molar-refractivity contribution in [3.63, 3.8) is 0 Å². The summed E-state index contributed by atoms with van der Waals surface area (Å²) in [6.45, 7) is 7.88. The summed E-state index contributed by atoms with van der Waals surface area (Å²) in [5.41, 5.74) is 1.35. The maximum atomic E-state index is 4.19. The van der Waals surface area contributed by atoms with Gasteiger partial charge in [0.05, 0.1) is 0 Å². The molecule has 1 aliphatic heterocycles. The molecular weight excluding hydrogens is 260 g/mol. The van der Waals surface area contributed by atoms with Crippen molar-refractivity contribution in [1.29, 1.82) is 0 Å². The van der Waals surface area contributed by atoms with Crippen LogP contribution in [0, 0.1) is 0 Å². The van der Waals surface area contributed by atoms with Gasteiger partial charge >= 0.3 is 0 Å². The van der Waals surface area contributed by atoms with E-state index in [1.165, 1.54) is 42.5 Å². The zero-order valence-electron chi connectivity index (χ0n) is 12.8. The maximum Gasteiger partial charge on any atom is 0.0346 e. The lowest BCUT2D eigenvalue weighted by Crippen LogP contribution is -2.46. The summed E-state index contributed by atoms with van der Waals surface area (Å²) in [7, 11) is 2.20. The van der Waals surface area contributed by atoms with Gasteiger partial charge < -0.3 is 10.2 Å². The standard InChI is InChI=1S/C17H24N4/c1-20-9-11-21(12-10-20)8-7-19-14-16-4-2-3-15-13-18-6-5-17(15)16/h2-6,13,19H,7-12,14H2,1H3. The predicted octanol–water partition coefficient (Wildman–Crippen LogP) is 1.57. The molecule has 1 aromatic carbocycles. The number of pyridine rings is 1. The Morgan fingerprint density at radius 1 is 1.14 bits per heavy atom. The summed E-state index contributed by atoms with van der Waals surface area (Å²) in [6.07, 6.45) is 3.80. The van der Waals surface area contributed by atoms with Crippen LogP contribution in [-0.2, 0) is 6.54 Å². The summed E-state index contributed by atoms with van der Waals surface area (Å²) in [5, 5.41) is 6.10. The number of likely N-dealkylation sites (N-methyl/N-ethyl adjacent to an activating group) is 1. The van der Waals surface area contributed by atoms with Crippen LogP contribution in [0.4, 0.5) is 0 Å². The molecule has 0 bridgehead atoms. The van der Waals surface area contributed by atoms with E-state index in [0.29, 0.717) is 0 Å². The smallest absolute Gasteiger partial charge is 0.0346 e. The van der Waals surface area contributed by atoms with Gasteiger partial charge in [0.2, 0.25) is 0 Å². The van der Waals surface area contributed by atoms with E-state index in [2.05, 4.69) is 51.4 Å². The first-order valence-electron chi connectivity index (χ1n) is 7.76. The number of hydrogen-bond donors (Lipinski definition) is 1. The molecule has 21 heavy (non-hydrogen) atoms. The highest BCUT2D eigenvalue weighted by atomic mass is 15.2. The highest BCUT2D eigenvalue weighted by Gasteiger charge is 2.12. The molecule has 1 N–H and O–H groups in total. The van der Waals surface area contributed by atoms with Crippen LogP contribution in [0.3, 0.4) is 0 Å². The Morgan fingerprint density at radius 2 is 2.00 bits per heavy atom. The molecule has 1 aromatic heterocycles. The number of rotatable bonds is 5. The Hall–Kier alpha value is -1.49. The molecule has 2 aromatic rings. The molecule has 0 spiro atoms. The molecule has 4 nitrogen and oxygen atoms in total. The fourth-order valence-electron chi connectivity index (χ4n) is 2.88. The molecule has 1 aliphatic rings. The molecule has 0 amide bonds. The predicted molar refractivity (Wildman–Crippen MR) is 87.4 cm³/mol. The van der Waals surface area contributed by atoms with E-state index in [4.69, 9.17) is 0 Å². The normalized spacial score (nSPS) is 17.4. The highest BCUT2D eigenvalue weighted by molar-refractivity contribution is 5.84. The van der Waals surface area contributed by atoms with Crippen molar-refractivity contribution in [2.24, 2.45) is 0 Å². The third-order valence-electron chi connectivity index (χ3n) is 4.29. The van der Waals surface area contributed by atoms with E-state index >= 15 is 0 Å². The van der Waals surface area contributed by atoms with Gasteiger partial charge in [-0.25, -0.2) is 0 Å². The van der Waals surface area contributed by atoms with E-state index in [0.717, 1.165) is 19.6 Å². The van der Waals surface area contributed by atoms with Crippen molar-refractivity contribution in [2.75, 3.05) is 46.3 Å². The lowest BCUT2D eigenvalue weighted by atomic mass is 10.1. The molecule has 2 heterocycles. The van der Waals surface area contributed by atoms with Crippen molar-refractivity contribution >= 4 is 10.8 Å². The number of nitrogens with zero attached hydrogens (tertiary/aromatic N) is 3. The zero-order chi connectivity index (χ0) is 14.5. The molecule has 3 rings (SSSR count). The van der Waals surface area contributed by atoms with Gasteiger partial charge in [0.15, 0.2) is 0 Å². The van der Waals surface area contributed by atoms with Gasteiger partial charge in [-0.15, -0.1) is 0 Å². The molecule has 0 radical (unpaired) electrons. The molecule has 112 valence electrons. The number of nitrogens with one attached hydrogen (secondary N) is 1. The van der Waals surface area contributed by atoms with Crippen molar-refractivity contribution in [2.45, 2.75) is 6.54 Å². The van der Waals surface area contributed by atoms with E-state index in [1.807, 2.05) is 12.4 Å². The van der Waals surface area contributed by atoms with Crippen LogP contribution in [-0.4, -0.2) is 61.1 Å². The first kappa shape index (κ1) is 14.4. The molecule has 0 unspecified atom stereocenters.